The minimum absolute atomic E-state index is 0.0107. The molecule has 5 heteroatoms. The van der Waals surface area contributed by atoms with Crippen LogP contribution in [0.4, 0.5) is 5.69 Å². The molecule has 0 saturated heterocycles. The smallest absolute Gasteiger partial charge is 0.193 e. The summed E-state index contributed by atoms with van der Waals surface area (Å²) in [6.07, 6.45) is 1.38. The van der Waals surface area contributed by atoms with E-state index in [0.717, 1.165) is 0 Å². The van der Waals surface area contributed by atoms with Crippen molar-refractivity contribution in [3.05, 3.63) is 24.4 Å². The van der Waals surface area contributed by atoms with Crippen LogP contribution in [0.5, 0.6) is 11.5 Å². The number of phenols is 1. The molecule has 0 unspecified atom stereocenters. The molecule has 2 rings (SSSR count). The van der Waals surface area contributed by atoms with Gasteiger partial charge in [0.25, 0.3) is 0 Å². The van der Waals surface area contributed by atoms with Crippen LogP contribution in [0, 0.1) is 0 Å². The zero-order chi connectivity index (χ0) is 10.8. The number of ether oxygens (including phenoxy) is 1. The summed E-state index contributed by atoms with van der Waals surface area (Å²) in [4.78, 5) is 0. The summed E-state index contributed by atoms with van der Waals surface area (Å²) in [6.45, 7) is 0. The first-order valence-corrected chi connectivity index (χ1v) is 4.30. The van der Waals surface area contributed by atoms with Crippen LogP contribution in [0.15, 0.2) is 28.9 Å². The first kappa shape index (κ1) is 9.39. The van der Waals surface area contributed by atoms with Crippen molar-refractivity contribution < 1.29 is 14.4 Å². The quantitative estimate of drug-likeness (QED) is 0.780. The average Bonchev–Trinajstić information content (AvgIpc) is 2.65. The third kappa shape index (κ3) is 1.48. The van der Waals surface area contributed by atoms with E-state index >= 15 is 0 Å². The van der Waals surface area contributed by atoms with Gasteiger partial charge in [-0.1, -0.05) is 11.2 Å². The van der Waals surface area contributed by atoms with Crippen LogP contribution < -0.4 is 10.5 Å². The Hall–Kier alpha value is -2.17. The lowest BCUT2D eigenvalue weighted by atomic mass is 10.1. The second kappa shape index (κ2) is 3.53. The van der Waals surface area contributed by atoms with Gasteiger partial charge in [0, 0.05) is 0 Å². The summed E-state index contributed by atoms with van der Waals surface area (Å²) in [5.41, 5.74) is 6.46. The largest absolute Gasteiger partial charge is 0.504 e. The third-order valence-corrected chi connectivity index (χ3v) is 2.06. The van der Waals surface area contributed by atoms with E-state index in [1.807, 2.05) is 0 Å². The number of hydrogen-bond acceptors (Lipinski definition) is 5. The highest BCUT2D eigenvalue weighted by atomic mass is 16.5. The van der Waals surface area contributed by atoms with Crippen molar-refractivity contribution >= 4 is 5.69 Å². The summed E-state index contributed by atoms with van der Waals surface area (Å²) >= 11 is 0. The first-order chi connectivity index (χ1) is 7.24. The highest BCUT2D eigenvalue weighted by Gasteiger charge is 2.15. The SMILES string of the molecule is COc1cccc(-c2oncc2N)c1O. The van der Waals surface area contributed by atoms with Crippen LogP contribution in [0.3, 0.4) is 0 Å². The van der Waals surface area contributed by atoms with E-state index in [-0.39, 0.29) is 5.75 Å². The Morgan fingerprint density at radius 3 is 2.87 bits per heavy atom. The second-order valence-electron chi connectivity index (χ2n) is 2.97. The van der Waals surface area contributed by atoms with Crippen LogP contribution >= 0.6 is 0 Å². The van der Waals surface area contributed by atoms with Crippen LogP contribution in [-0.4, -0.2) is 17.4 Å². The van der Waals surface area contributed by atoms with Gasteiger partial charge >= 0.3 is 0 Å². The van der Waals surface area contributed by atoms with Crippen molar-refractivity contribution in [2.45, 2.75) is 0 Å². The van der Waals surface area contributed by atoms with E-state index in [9.17, 15) is 5.11 Å². The van der Waals surface area contributed by atoms with Gasteiger partial charge in [0.1, 0.15) is 5.69 Å². The van der Waals surface area contributed by atoms with E-state index in [1.54, 1.807) is 18.2 Å². The summed E-state index contributed by atoms with van der Waals surface area (Å²) < 4.78 is 9.91. The molecule has 3 N–H and O–H groups in total. The average molecular weight is 206 g/mol. The Labute approximate surface area is 86.1 Å². The molecule has 2 aromatic rings. The second-order valence-corrected chi connectivity index (χ2v) is 2.97. The lowest BCUT2D eigenvalue weighted by Crippen LogP contribution is -1.88. The van der Waals surface area contributed by atoms with Crippen molar-refractivity contribution in [3.8, 4) is 22.8 Å². The van der Waals surface area contributed by atoms with Crippen LogP contribution in [0.25, 0.3) is 11.3 Å². The molecule has 0 aliphatic rings. The number of aromatic nitrogens is 1. The molecule has 0 amide bonds. The number of nitrogens with zero attached hydrogens (tertiary/aromatic N) is 1. The molecule has 0 atom stereocenters. The van der Waals surface area contributed by atoms with Crippen molar-refractivity contribution in [2.75, 3.05) is 12.8 Å². The maximum Gasteiger partial charge on any atom is 0.193 e. The molecule has 78 valence electrons. The Bertz CT molecular complexity index is 479. The molecule has 1 aromatic carbocycles. The van der Waals surface area contributed by atoms with Crippen molar-refractivity contribution in [1.82, 2.24) is 5.16 Å². The fourth-order valence-corrected chi connectivity index (χ4v) is 1.32. The fourth-order valence-electron chi connectivity index (χ4n) is 1.32. The fraction of sp³-hybridized carbons (Fsp3) is 0.100. The predicted molar refractivity (Wildman–Crippen MR) is 54.6 cm³/mol. The van der Waals surface area contributed by atoms with Gasteiger partial charge in [0.15, 0.2) is 17.3 Å². The van der Waals surface area contributed by atoms with E-state index in [0.29, 0.717) is 22.8 Å². The number of benzene rings is 1. The van der Waals surface area contributed by atoms with E-state index in [2.05, 4.69) is 5.16 Å². The predicted octanol–water partition coefficient (Wildman–Crippen LogP) is 1.64. The summed E-state index contributed by atoms with van der Waals surface area (Å²) in [5, 5.41) is 13.4. The summed E-state index contributed by atoms with van der Waals surface area (Å²) in [6, 6.07) is 5.05. The van der Waals surface area contributed by atoms with Crippen molar-refractivity contribution in [3.63, 3.8) is 0 Å². The maximum absolute atomic E-state index is 9.82. The third-order valence-electron chi connectivity index (χ3n) is 2.06. The van der Waals surface area contributed by atoms with Crippen molar-refractivity contribution in [1.29, 1.82) is 0 Å². The molecule has 0 saturated carbocycles. The molecule has 5 nitrogen and oxygen atoms in total. The number of methoxy groups -OCH3 is 1. The topological polar surface area (TPSA) is 81.5 Å². The lowest BCUT2D eigenvalue weighted by Gasteiger charge is -2.06. The van der Waals surface area contributed by atoms with E-state index < -0.39 is 0 Å². The van der Waals surface area contributed by atoms with Gasteiger partial charge in [-0.15, -0.1) is 0 Å². The maximum atomic E-state index is 9.82. The highest BCUT2D eigenvalue weighted by molar-refractivity contribution is 5.77. The molecule has 0 spiro atoms. The number of para-hydroxylation sites is 1. The number of hydrogen-bond donors (Lipinski definition) is 2. The summed E-state index contributed by atoms with van der Waals surface area (Å²) in [5.74, 6) is 0.693. The Kier molecular flexibility index (Phi) is 2.21. The van der Waals surface area contributed by atoms with Crippen LogP contribution in [-0.2, 0) is 0 Å². The molecule has 0 aliphatic heterocycles. The standard InChI is InChI=1S/C10H10N2O3/c1-14-8-4-2-3-6(9(8)13)10-7(11)5-12-15-10/h2-5,13H,11H2,1H3. The molecule has 1 aromatic heterocycles. The van der Waals surface area contributed by atoms with Crippen molar-refractivity contribution in [2.24, 2.45) is 0 Å². The molecule has 0 fully saturated rings. The number of nitrogen functional groups attached to an aromatic ring is 1. The van der Waals surface area contributed by atoms with Gasteiger partial charge in [-0.05, 0) is 12.1 Å². The Morgan fingerprint density at radius 2 is 2.27 bits per heavy atom. The first-order valence-electron chi connectivity index (χ1n) is 4.30. The minimum atomic E-state index is -0.0107. The molecule has 0 aliphatic carbocycles. The van der Waals surface area contributed by atoms with Gasteiger partial charge in [-0.2, -0.15) is 0 Å². The van der Waals surface area contributed by atoms with Gasteiger partial charge in [0.05, 0.1) is 18.9 Å². The van der Waals surface area contributed by atoms with Crippen LogP contribution in [0.1, 0.15) is 0 Å². The lowest BCUT2D eigenvalue weighted by molar-refractivity contribution is 0.372. The van der Waals surface area contributed by atoms with Gasteiger partial charge < -0.3 is 20.1 Å². The van der Waals surface area contributed by atoms with Gasteiger partial charge in [-0.3, -0.25) is 0 Å². The molecule has 0 bridgehead atoms. The zero-order valence-electron chi connectivity index (χ0n) is 8.10. The Morgan fingerprint density at radius 1 is 1.47 bits per heavy atom. The minimum Gasteiger partial charge on any atom is -0.504 e. The molecular weight excluding hydrogens is 196 g/mol. The van der Waals surface area contributed by atoms with Gasteiger partial charge in [-0.25, -0.2) is 0 Å². The monoisotopic (exact) mass is 206 g/mol. The number of anilines is 1. The number of phenolic OH excluding ortho intramolecular Hbond substituents is 1. The number of rotatable bonds is 2. The number of aromatic hydroxyl groups is 1. The highest BCUT2D eigenvalue weighted by Crippen LogP contribution is 2.38. The van der Waals surface area contributed by atoms with Gasteiger partial charge in [0.2, 0.25) is 0 Å². The zero-order valence-corrected chi connectivity index (χ0v) is 8.10. The Balaban J connectivity index is 2.59. The summed E-state index contributed by atoms with van der Waals surface area (Å²) in [7, 11) is 1.47. The van der Waals surface area contributed by atoms with Crippen LogP contribution in [0.2, 0.25) is 0 Å². The van der Waals surface area contributed by atoms with E-state index in [4.69, 9.17) is 15.0 Å². The number of nitrogens with two attached hydrogens (primary N) is 1. The molecule has 0 radical (unpaired) electrons. The van der Waals surface area contributed by atoms with E-state index in [1.165, 1.54) is 13.3 Å². The molecule has 15 heavy (non-hydrogen) atoms. The molecule has 1 heterocycles. The normalized spacial score (nSPS) is 10.2. The molecular formula is C10H10N2O3.